The summed E-state index contributed by atoms with van der Waals surface area (Å²) in [5, 5.41) is 0. The molecule has 0 aliphatic heterocycles. The van der Waals surface area contributed by atoms with Crippen molar-refractivity contribution >= 4 is 0 Å². The Morgan fingerprint density at radius 3 is 0.357 bits per heavy atom. The second-order valence-corrected chi connectivity index (χ2v) is 0. The summed E-state index contributed by atoms with van der Waals surface area (Å²) in [6, 6.07) is 0. The minimum absolute atomic E-state index is 0. The summed E-state index contributed by atoms with van der Waals surface area (Å²) in [7, 11) is 0. The average Bonchev–Trinajstić information content (AvgIpc) is 0. The van der Waals surface area contributed by atoms with Crippen LogP contribution in [0.3, 0.4) is 0 Å². The molecule has 10 nitrogen and oxygen atoms in total. The maximum atomic E-state index is 0. The van der Waals surface area contributed by atoms with E-state index in [0.717, 1.165) is 0 Å². The van der Waals surface area contributed by atoms with Crippen LogP contribution in [0.5, 0.6) is 0 Å². The Morgan fingerprint density at radius 1 is 0.357 bits per heavy atom. The summed E-state index contributed by atoms with van der Waals surface area (Å²) in [5.41, 5.74) is 0. The Kier molecular flexibility index (Phi) is 15300. The maximum absolute atomic E-state index is 0. The molecule has 0 rings (SSSR count). The van der Waals surface area contributed by atoms with E-state index in [-0.39, 0.29) is 156 Å². The van der Waals surface area contributed by atoms with Crippen LogP contribution in [0.4, 0.5) is 0 Å². The van der Waals surface area contributed by atoms with Gasteiger partial charge in [-0.05, 0) is 0 Å². The molecule has 0 saturated heterocycles. The van der Waals surface area contributed by atoms with Crippen LogP contribution in [0.1, 0.15) is 0 Å². The number of rotatable bonds is 0. The second-order valence-electron chi connectivity index (χ2n) is 0. The molecule has 95 valence electrons. The Labute approximate surface area is 154 Å². The first-order valence-electron chi connectivity index (χ1n) is 0. The first-order valence-corrected chi connectivity index (χ1v) is 0. The van der Waals surface area contributed by atoms with Gasteiger partial charge >= 0.3 is 102 Å². The van der Waals surface area contributed by atoms with Crippen LogP contribution in [0.15, 0.2) is 0 Å². The topological polar surface area (TPSA) is 300 Å². The van der Waals surface area contributed by atoms with Crippen LogP contribution in [-0.4, -0.2) is 54.8 Å². The van der Waals surface area contributed by atoms with Gasteiger partial charge in [0, 0.05) is 0 Å². The molecule has 0 amide bonds. The first kappa shape index (κ1) is 508. The molecule has 0 saturated carbocycles. The van der Waals surface area contributed by atoms with E-state index in [1.165, 1.54) is 0 Å². The van der Waals surface area contributed by atoms with Crippen LogP contribution in [-0.2, 0) is 66.0 Å². The Bertz CT molecular complexity index is 20.1. The van der Waals surface area contributed by atoms with Crippen molar-refractivity contribution < 1.29 is 156 Å². The van der Waals surface area contributed by atoms with E-state index in [2.05, 4.69) is 0 Å². The molecule has 10 N–H and O–H groups in total. The van der Waals surface area contributed by atoms with Gasteiger partial charge in [0.2, 0.25) is 0 Å². The molecule has 0 aliphatic carbocycles. The van der Waals surface area contributed by atoms with Crippen LogP contribution in [0.25, 0.3) is 0 Å². The Morgan fingerprint density at radius 2 is 0.357 bits per heavy atom. The number of hydrogen-bond donors (Lipinski definition) is 0. The molecule has 0 unspecified atom stereocenters. The Hall–Kier alpha value is 2.90. The molecular formula is H10CoLaNiO10Y. The van der Waals surface area contributed by atoms with Gasteiger partial charge in [0.15, 0.2) is 0 Å². The predicted octanol–water partition coefficient (Wildman–Crippen LogP) is -1.78. The molecule has 0 aliphatic rings. The van der Waals surface area contributed by atoms with E-state index in [9.17, 15) is 0 Å². The first-order chi connectivity index (χ1) is 0. The van der Waals surface area contributed by atoms with Gasteiger partial charge in [-0.2, -0.15) is 0 Å². The molecule has 0 spiro atoms. The normalized spacial score (nSPS) is 0. The average molecular weight is 516 g/mol. The van der Waals surface area contributed by atoms with Gasteiger partial charge in [-0.25, -0.2) is 0 Å². The molecule has 0 aromatic carbocycles. The summed E-state index contributed by atoms with van der Waals surface area (Å²) in [6.45, 7) is 0. The largest absolute Gasteiger partial charge is 3.00 e. The standard InChI is InChI=1S/Co.La.Ni.10H2O.Y/h;;;10*1H2;/q+2;+3;+2;;;;;;;;;;;+3/p-10. The quantitative estimate of drug-likeness (QED) is 0.326. The SMILES string of the molecule is [Co+2].[La+3].[Ni+2].[OH-].[OH-].[OH-].[OH-].[OH-].[OH-].[OH-].[OH-].[OH-].[OH-].[Y+3]. The van der Waals surface area contributed by atoms with Crippen molar-refractivity contribution in [3.8, 4) is 0 Å². The van der Waals surface area contributed by atoms with Crippen molar-refractivity contribution in [2.45, 2.75) is 0 Å². The van der Waals surface area contributed by atoms with Gasteiger partial charge in [0.1, 0.15) is 0 Å². The molecule has 0 aromatic rings. The molecule has 1 radical (unpaired) electrons. The van der Waals surface area contributed by atoms with Gasteiger partial charge < -0.3 is 54.8 Å². The zero-order valence-corrected chi connectivity index (χ0v) is 14.8. The van der Waals surface area contributed by atoms with Crippen LogP contribution in [0, 0.1) is 35.6 Å². The van der Waals surface area contributed by atoms with Gasteiger partial charge in [-0.1, -0.05) is 0 Å². The monoisotopic (exact) mass is 515 g/mol. The van der Waals surface area contributed by atoms with Gasteiger partial charge in [-0.3, -0.25) is 0 Å². The van der Waals surface area contributed by atoms with Crippen molar-refractivity contribution in [1.82, 2.24) is 0 Å². The summed E-state index contributed by atoms with van der Waals surface area (Å²) in [6.07, 6.45) is 0. The van der Waals surface area contributed by atoms with E-state index in [1.807, 2.05) is 0 Å². The third-order valence-electron chi connectivity index (χ3n) is 0. The van der Waals surface area contributed by atoms with Gasteiger partial charge in [0.25, 0.3) is 0 Å². The summed E-state index contributed by atoms with van der Waals surface area (Å²) < 4.78 is 0. The molecule has 0 fully saturated rings. The maximum Gasteiger partial charge on any atom is 3.00 e. The molecule has 0 atom stereocenters. The van der Waals surface area contributed by atoms with E-state index >= 15 is 0 Å². The van der Waals surface area contributed by atoms with Crippen molar-refractivity contribution in [3.05, 3.63) is 0 Å². The third kappa shape index (κ3) is 343. The van der Waals surface area contributed by atoms with Gasteiger partial charge in [-0.15, -0.1) is 0 Å². The summed E-state index contributed by atoms with van der Waals surface area (Å²) in [4.78, 5) is 0. The van der Waals surface area contributed by atoms with E-state index in [4.69, 9.17) is 0 Å². The fraction of sp³-hybridized carbons (Fsp3) is 0. The minimum atomic E-state index is 0. The predicted molar refractivity (Wildman–Crippen MR) is 19.4 cm³/mol. The molecule has 14 heteroatoms. The fourth-order valence-electron chi connectivity index (χ4n) is 0. The smallest absolute Gasteiger partial charge is 0.870 e. The van der Waals surface area contributed by atoms with Crippen molar-refractivity contribution in [1.29, 1.82) is 0 Å². The zero-order chi connectivity index (χ0) is 0. The van der Waals surface area contributed by atoms with E-state index in [1.54, 1.807) is 0 Å². The second kappa shape index (κ2) is 420. The fourth-order valence-corrected chi connectivity index (χ4v) is 0. The summed E-state index contributed by atoms with van der Waals surface area (Å²) >= 11 is 0. The van der Waals surface area contributed by atoms with Crippen molar-refractivity contribution in [3.63, 3.8) is 0 Å². The summed E-state index contributed by atoms with van der Waals surface area (Å²) in [5.74, 6) is 0. The van der Waals surface area contributed by atoms with Crippen LogP contribution < -0.4 is 0 Å². The molecule has 0 heterocycles. The third-order valence-corrected chi connectivity index (χ3v) is 0. The molecule has 0 aromatic heterocycles. The molecule has 14 heavy (non-hydrogen) atoms. The van der Waals surface area contributed by atoms with Crippen molar-refractivity contribution in [2.24, 2.45) is 0 Å². The van der Waals surface area contributed by atoms with Crippen LogP contribution >= 0.6 is 0 Å². The van der Waals surface area contributed by atoms with Crippen molar-refractivity contribution in [2.75, 3.05) is 0 Å². The van der Waals surface area contributed by atoms with Gasteiger partial charge in [0.05, 0.1) is 0 Å². The molecule has 0 bridgehead atoms. The Balaban J connectivity index is 0. The van der Waals surface area contributed by atoms with E-state index < -0.39 is 0 Å². The zero-order valence-electron chi connectivity index (χ0n) is 6.28. The van der Waals surface area contributed by atoms with Crippen LogP contribution in [0.2, 0.25) is 0 Å². The minimum Gasteiger partial charge on any atom is -0.870 e. The van der Waals surface area contributed by atoms with E-state index in [0.29, 0.717) is 0 Å². The number of hydrogen-bond acceptors (Lipinski definition) is 10. The molecular weight excluding hydrogens is 505 g/mol.